The number of methoxy groups -OCH3 is 1. The van der Waals surface area contributed by atoms with Crippen LogP contribution in [0.4, 0.5) is 11.4 Å². The number of amides is 2. The van der Waals surface area contributed by atoms with Gasteiger partial charge in [0.25, 0.3) is 5.91 Å². The molecule has 118 valence electrons. The molecule has 1 N–H and O–H groups in total. The summed E-state index contributed by atoms with van der Waals surface area (Å²) in [4.78, 5) is 25.8. The average molecular weight is 310 g/mol. The molecule has 2 aromatic carbocycles. The summed E-state index contributed by atoms with van der Waals surface area (Å²) in [6, 6.07) is 14.4. The van der Waals surface area contributed by atoms with Gasteiger partial charge < -0.3 is 15.0 Å². The van der Waals surface area contributed by atoms with Crippen molar-refractivity contribution in [3.63, 3.8) is 0 Å². The molecule has 1 fully saturated rings. The molecule has 2 amide bonds. The summed E-state index contributed by atoms with van der Waals surface area (Å²) in [5, 5.41) is 2.84. The number of hydrogen-bond acceptors (Lipinski definition) is 3. The lowest BCUT2D eigenvalue weighted by Crippen LogP contribution is -2.23. The third kappa shape index (κ3) is 3.18. The molecule has 0 aliphatic carbocycles. The summed E-state index contributed by atoms with van der Waals surface area (Å²) in [5.74, 6) is 0.451. The average Bonchev–Trinajstić information content (AvgIpc) is 3.01. The van der Waals surface area contributed by atoms with Gasteiger partial charge in [-0.05, 0) is 42.8 Å². The van der Waals surface area contributed by atoms with Crippen molar-refractivity contribution in [3.8, 4) is 5.75 Å². The summed E-state index contributed by atoms with van der Waals surface area (Å²) in [5.41, 5.74) is 2.02. The van der Waals surface area contributed by atoms with Crippen LogP contribution in [0.2, 0.25) is 0 Å². The smallest absolute Gasteiger partial charge is 0.259 e. The Morgan fingerprint density at radius 1 is 1.13 bits per heavy atom. The highest BCUT2D eigenvalue weighted by Crippen LogP contribution is 2.24. The van der Waals surface area contributed by atoms with E-state index in [9.17, 15) is 9.59 Å². The van der Waals surface area contributed by atoms with E-state index in [2.05, 4.69) is 5.32 Å². The van der Waals surface area contributed by atoms with Gasteiger partial charge in [-0.15, -0.1) is 0 Å². The molecule has 23 heavy (non-hydrogen) atoms. The van der Waals surface area contributed by atoms with Crippen LogP contribution in [-0.2, 0) is 4.79 Å². The number of para-hydroxylation sites is 1. The maximum atomic E-state index is 12.3. The van der Waals surface area contributed by atoms with Crippen molar-refractivity contribution in [2.75, 3.05) is 23.9 Å². The molecule has 0 bridgehead atoms. The van der Waals surface area contributed by atoms with Crippen LogP contribution in [0.1, 0.15) is 23.2 Å². The summed E-state index contributed by atoms with van der Waals surface area (Å²) in [6.45, 7) is 0.756. The first-order chi connectivity index (χ1) is 11.2. The van der Waals surface area contributed by atoms with Gasteiger partial charge in [0.2, 0.25) is 5.91 Å². The standard InChI is InChI=1S/C18H18N2O3/c1-23-16-6-3-2-5-15(16)18(22)19-13-8-10-14(11-9-13)20-12-4-7-17(20)21/h2-3,5-6,8-11H,4,7,12H2,1H3,(H,19,22). The van der Waals surface area contributed by atoms with Crippen LogP contribution in [0.3, 0.4) is 0 Å². The van der Waals surface area contributed by atoms with Crippen molar-refractivity contribution >= 4 is 23.2 Å². The molecule has 3 rings (SSSR count). The molecule has 2 aromatic rings. The second-order valence-corrected chi connectivity index (χ2v) is 5.35. The SMILES string of the molecule is COc1ccccc1C(=O)Nc1ccc(N2CCCC2=O)cc1. The molecule has 0 atom stereocenters. The number of rotatable bonds is 4. The van der Waals surface area contributed by atoms with E-state index in [1.807, 2.05) is 18.2 Å². The maximum Gasteiger partial charge on any atom is 0.259 e. The van der Waals surface area contributed by atoms with Gasteiger partial charge in [-0.1, -0.05) is 12.1 Å². The van der Waals surface area contributed by atoms with Gasteiger partial charge in [-0.3, -0.25) is 9.59 Å². The van der Waals surface area contributed by atoms with Crippen LogP contribution >= 0.6 is 0 Å². The van der Waals surface area contributed by atoms with E-state index >= 15 is 0 Å². The Kier molecular flexibility index (Phi) is 4.28. The zero-order chi connectivity index (χ0) is 16.2. The van der Waals surface area contributed by atoms with E-state index in [1.54, 1.807) is 35.2 Å². The Hall–Kier alpha value is -2.82. The maximum absolute atomic E-state index is 12.3. The molecule has 0 spiro atoms. The largest absolute Gasteiger partial charge is 0.496 e. The second kappa shape index (κ2) is 6.52. The van der Waals surface area contributed by atoms with Crippen LogP contribution < -0.4 is 15.0 Å². The fraction of sp³-hybridized carbons (Fsp3) is 0.222. The third-order valence-electron chi connectivity index (χ3n) is 3.86. The molecule has 1 saturated heterocycles. The van der Waals surface area contributed by atoms with Crippen LogP contribution in [0.25, 0.3) is 0 Å². The van der Waals surface area contributed by atoms with E-state index in [0.717, 1.165) is 18.7 Å². The molecule has 0 aromatic heterocycles. The molecule has 0 radical (unpaired) electrons. The molecular formula is C18H18N2O3. The first-order valence-electron chi connectivity index (χ1n) is 7.54. The minimum atomic E-state index is -0.229. The zero-order valence-corrected chi connectivity index (χ0v) is 12.9. The van der Waals surface area contributed by atoms with Crippen molar-refractivity contribution in [1.82, 2.24) is 0 Å². The molecule has 1 heterocycles. The Morgan fingerprint density at radius 3 is 2.52 bits per heavy atom. The van der Waals surface area contributed by atoms with Crippen molar-refractivity contribution in [2.45, 2.75) is 12.8 Å². The van der Waals surface area contributed by atoms with Gasteiger partial charge in [0, 0.05) is 24.3 Å². The quantitative estimate of drug-likeness (QED) is 0.944. The predicted octanol–water partition coefficient (Wildman–Crippen LogP) is 3.07. The topological polar surface area (TPSA) is 58.6 Å². The number of nitrogens with one attached hydrogen (secondary N) is 1. The van der Waals surface area contributed by atoms with Gasteiger partial charge in [0.05, 0.1) is 12.7 Å². The lowest BCUT2D eigenvalue weighted by atomic mass is 10.2. The number of benzene rings is 2. The van der Waals surface area contributed by atoms with Gasteiger partial charge >= 0.3 is 0 Å². The van der Waals surface area contributed by atoms with Crippen LogP contribution in [-0.4, -0.2) is 25.5 Å². The van der Waals surface area contributed by atoms with Crippen molar-refractivity contribution < 1.29 is 14.3 Å². The first kappa shape index (κ1) is 15.1. The number of carbonyl (C=O) groups is 2. The number of carbonyl (C=O) groups excluding carboxylic acids is 2. The number of ether oxygens (including phenoxy) is 1. The van der Waals surface area contributed by atoms with Gasteiger partial charge in [0.15, 0.2) is 0 Å². The Bertz CT molecular complexity index is 725. The molecule has 5 nitrogen and oxygen atoms in total. The fourth-order valence-electron chi connectivity index (χ4n) is 2.68. The molecule has 0 unspecified atom stereocenters. The van der Waals surface area contributed by atoms with Gasteiger partial charge in [0.1, 0.15) is 5.75 Å². The van der Waals surface area contributed by atoms with Crippen molar-refractivity contribution in [1.29, 1.82) is 0 Å². The van der Waals surface area contributed by atoms with Crippen LogP contribution in [0.15, 0.2) is 48.5 Å². The lowest BCUT2D eigenvalue weighted by Gasteiger charge is -2.16. The summed E-state index contributed by atoms with van der Waals surface area (Å²) in [7, 11) is 1.54. The number of hydrogen-bond donors (Lipinski definition) is 1. The van der Waals surface area contributed by atoms with E-state index < -0.39 is 0 Å². The van der Waals surface area contributed by atoms with Crippen LogP contribution in [0.5, 0.6) is 5.75 Å². The highest BCUT2D eigenvalue weighted by atomic mass is 16.5. The Morgan fingerprint density at radius 2 is 1.87 bits per heavy atom. The zero-order valence-electron chi connectivity index (χ0n) is 12.9. The Labute approximate surface area is 134 Å². The summed E-state index contributed by atoms with van der Waals surface area (Å²) in [6.07, 6.45) is 1.50. The Balaban J connectivity index is 1.73. The minimum Gasteiger partial charge on any atom is -0.496 e. The molecule has 1 aliphatic rings. The number of nitrogens with zero attached hydrogens (tertiary/aromatic N) is 1. The number of anilines is 2. The molecule has 0 saturated carbocycles. The molecule has 5 heteroatoms. The highest BCUT2D eigenvalue weighted by molar-refractivity contribution is 6.06. The van der Waals surface area contributed by atoms with Crippen LogP contribution in [0, 0.1) is 0 Å². The third-order valence-corrected chi connectivity index (χ3v) is 3.86. The van der Waals surface area contributed by atoms with E-state index in [0.29, 0.717) is 23.4 Å². The lowest BCUT2D eigenvalue weighted by molar-refractivity contribution is -0.117. The monoisotopic (exact) mass is 310 g/mol. The second-order valence-electron chi connectivity index (χ2n) is 5.35. The minimum absolute atomic E-state index is 0.149. The highest BCUT2D eigenvalue weighted by Gasteiger charge is 2.21. The molecule has 1 aliphatic heterocycles. The van der Waals surface area contributed by atoms with Crippen molar-refractivity contribution in [2.24, 2.45) is 0 Å². The van der Waals surface area contributed by atoms with E-state index in [-0.39, 0.29) is 11.8 Å². The molecular weight excluding hydrogens is 292 g/mol. The van der Waals surface area contributed by atoms with Gasteiger partial charge in [-0.25, -0.2) is 0 Å². The van der Waals surface area contributed by atoms with E-state index in [4.69, 9.17) is 4.74 Å². The first-order valence-corrected chi connectivity index (χ1v) is 7.54. The fourth-order valence-corrected chi connectivity index (χ4v) is 2.68. The van der Waals surface area contributed by atoms with Gasteiger partial charge in [-0.2, -0.15) is 0 Å². The normalized spacial score (nSPS) is 14.0. The predicted molar refractivity (Wildman–Crippen MR) is 89.0 cm³/mol. The summed E-state index contributed by atoms with van der Waals surface area (Å²) >= 11 is 0. The summed E-state index contributed by atoms with van der Waals surface area (Å²) < 4.78 is 5.20. The van der Waals surface area contributed by atoms with E-state index in [1.165, 1.54) is 7.11 Å². The van der Waals surface area contributed by atoms with Crippen molar-refractivity contribution in [3.05, 3.63) is 54.1 Å².